The zero-order valence-electron chi connectivity index (χ0n) is 11.2. The van der Waals surface area contributed by atoms with Crippen molar-refractivity contribution < 1.29 is 19.0 Å². The number of ether oxygens (including phenoxy) is 2. The van der Waals surface area contributed by atoms with Crippen LogP contribution >= 0.6 is 0 Å². The van der Waals surface area contributed by atoms with Crippen molar-refractivity contribution in [1.29, 1.82) is 0 Å². The van der Waals surface area contributed by atoms with E-state index in [0.29, 0.717) is 6.54 Å². The molecule has 1 aliphatic rings. The molecule has 2 rings (SSSR count). The predicted molar refractivity (Wildman–Crippen MR) is 70.4 cm³/mol. The highest BCUT2D eigenvalue weighted by molar-refractivity contribution is 5.43. The Bertz CT molecular complexity index is 400. The van der Waals surface area contributed by atoms with Gasteiger partial charge in [0.05, 0.1) is 13.2 Å². The van der Waals surface area contributed by atoms with E-state index < -0.39 is 5.60 Å². The van der Waals surface area contributed by atoms with E-state index in [2.05, 4.69) is 5.32 Å². The molecule has 1 saturated heterocycles. The molecule has 1 heterocycles. The number of hydrogen-bond donors (Lipinski definition) is 2. The van der Waals surface area contributed by atoms with E-state index in [1.165, 1.54) is 12.1 Å². The Balaban J connectivity index is 1.84. The normalized spacial score (nSPS) is 27.5. The fraction of sp³-hybridized carbons (Fsp3) is 0.571. The van der Waals surface area contributed by atoms with Gasteiger partial charge in [0, 0.05) is 18.2 Å². The van der Waals surface area contributed by atoms with Crippen LogP contribution in [-0.2, 0) is 9.47 Å². The minimum Gasteiger partial charge on any atom is -0.383 e. The topological polar surface area (TPSA) is 50.7 Å². The molecule has 0 spiro atoms. The lowest BCUT2D eigenvalue weighted by molar-refractivity contribution is -0.262. The lowest BCUT2D eigenvalue weighted by atomic mass is 10.0. The zero-order valence-corrected chi connectivity index (χ0v) is 11.2. The van der Waals surface area contributed by atoms with Gasteiger partial charge in [0.25, 0.3) is 0 Å². The highest BCUT2D eigenvalue weighted by Gasteiger charge is 2.35. The highest BCUT2D eigenvalue weighted by Crippen LogP contribution is 2.21. The van der Waals surface area contributed by atoms with Crippen LogP contribution in [0.3, 0.4) is 0 Å². The summed E-state index contributed by atoms with van der Waals surface area (Å²) in [4.78, 5) is 0. The Morgan fingerprint density at radius 2 is 1.89 bits per heavy atom. The molecule has 4 nitrogen and oxygen atoms in total. The minimum atomic E-state index is -1.06. The van der Waals surface area contributed by atoms with Crippen LogP contribution in [0.15, 0.2) is 24.3 Å². The summed E-state index contributed by atoms with van der Waals surface area (Å²) in [6.07, 6.45) is -0.258. The molecule has 1 aromatic rings. The number of aliphatic hydroxyl groups is 1. The minimum absolute atomic E-state index is 0.226. The Morgan fingerprint density at radius 1 is 1.32 bits per heavy atom. The SMILES string of the molecule is CC(C)C1OCC(O)(CNc2ccc(F)cc2)CO1. The fourth-order valence-electron chi connectivity index (χ4n) is 1.89. The van der Waals surface area contributed by atoms with Crippen molar-refractivity contribution in [3.63, 3.8) is 0 Å². The van der Waals surface area contributed by atoms with E-state index in [0.717, 1.165) is 5.69 Å². The third-order valence-corrected chi connectivity index (χ3v) is 3.04. The van der Waals surface area contributed by atoms with Crippen LogP contribution in [0.4, 0.5) is 10.1 Å². The second kappa shape index (κ2) is 5.86. The van der Waals surface area contributed by atoms with Crippen LogP contribution < -0.4 is 5.32 Å². The third-order valence-electron chi connectivity index (χ3n) is 3.04. The summed E-state index contributed by atoms with van der Waals surface area (Å²) in [5.74, 6) is -0.0250. The van der Waals surface area contributed by atoms with E-state index in [9.17, 15) is 9.50 Å². The quantitative estimate of drug-likeness (QED) is 0.877. The molecule has 0 radical (unpaired) electrons. The van der Waals surface area contributed by atoms with Crippen molar-refractivity contribution in [2.24, 2.45) is 5.92 Å². The van der Waals surface area contributed by atoms with Gasteiger partial charge in [-0.25, -0.2) is 4.39 Å². The van der Waals surface area contributed by atoms with Crippen LogP contribution in [0, 0.1) is 11.7 Å². The summed E-state index contributed by atoms with van der Waals surface area (Å²) >= 11 is 0. The first kappa shape index (κ1) is 14.2. The van der Waals surface area contributed by atoms with E-state index >= 15 is 0 Å². The molecular formula is C14H20FNO3. The van der Waals surface area contributed by atoms with Crippen LogP contribution in [0.5, 0.6) is 0 Å². The smallest absolute Gasteiger partial charge is 0.160 e. The van der Waals surface area contributed by atoms with Gasteiger partial charge in [-0.3, -0.25) is 0 Å². The average molecular weight is 269 g/mol. The van der Waals surface area contributed by atoms with Gasteiger partial charge < -0.3 is 19.9 Å². The van der Waals surface area contributed by atoms with Gasteiger partial charge in [0.15, 0.2) is 6.29 Å². The summed E-state index contributed by atoms with van der Waals surface area (Å²) < 4.78 is 23.7. The van der Waals surface area contributed by atoms with Gasteiger partial charge in [0.1, 0.15) is 11.4 Å². The lowest BCUT2D eigenvalue weighted by Gasteiger charge is -2.37. The number of benzene rings is 1. The molecule has 0 atom stereocenters. The Hall–Kier alpha value is -1.17. The molecular weight excluding hydrogens is 249 g/mol. The Kier molecular flexibility index (Phi) is 4.39. The maximum Gasteiger partial charge on any atom is 0.160 e. The van der Waals surface area contributed by atoms with Gasteiger partial charge in [-0.05, 0) is 24.3 Å². The van der Waals surface area contributed by atoms with Gasteiger partial charge in [-0.15, -0.1) is 0 Å². The van der Waals surface area contributed by atoms with Crippen LogP contribution in [0.2, 0.25) is 0 Å². The van der Waals surface area contributed by atoms with Crippen molar-refractivity contribution in [1.82, 2.24) is 0 Å². The van der Waals surface area contributed by atoms with Crippen molar-refractivity contribution in [2.45, 2.75) is 25.7 Å². The van der Waals surface area contributed by atoms with Crippen LogP contribution in [0.25, 0.3) is 0 Å². The van der Waals surface area contributed by atoms with E-state index in [-0.39, 0.29) is 31.2 Å². The highest BCUT2D eigenvalue weighted by atomic mass is 19.1. The molecule has 0 amide bonds. The monoisotopic (exact) mass is 269 g/mol. The van der Waals surface area contributed by atoms with E-state index in [1.54, 1.807) is 12.1 Å². The average Bonchev–Trinajstić information content (AvgIpc) is 2.39. The summed E-state index contributed by atoms with van der Waals surface area (Å²) in [6, 6.07) is 5.99. The number of nitrogens with one attached hydrogen (secondary N) is 1. The number of hydrogen-bond acceptors (Lipinski definition) is 4. The van der Waals surface area contributed by atoms with Gasteiger partial charge >= 0.3 is 0 Å². The maximum atomic E-state index is 12.8. The summed E-state index contributed by atoms with van der Waals surface area (Å²) in [6.45, 7) is 4.76. The molecule has 1 aromatic carbocycles. The first-order valence-electron chi connectivity index (χ1n) is 6.43. The second-order valence-electron chi connectivity index (χ2n) is 5.32. The first-order valence-corrected chi connectivity index (χ1v) is 6.43. The standard InChI is InChI=1S/C14H20FNO3/c1-10(2)13-18-8-14(17,9-19-13)7-16-12-5-3-11(15)4-6-12/h3-6,10,13,16-17H,7-9H2,1-2H3. The molecule has 1 aliphatic heterocycles. The molecule has 0 bridgehead atoms. The van der Waals surface area contributed by atoms with Gasteiger partial charge in [-0.2, -0.15) is 0 Å². The van der Waals surface area contributed by atoms with E-state index in [4.69, 9.17) is 9.47 Å². The Morgan fingerprint density at radius 3 is 2.42 bits per heavy atom. The molecule has 106 valence electrons. The summed E-state index contributed by atoms with van der Waals surface area (Å²) in [5.41, 5.74) is -0.305. The Labute approximate surface area is 112 Å². The molecule has 0 unspecified atom stereocenters. The summed E-state index contributed by atoms with van der Waals surface area (Å²) in [7, 11) is 0. The van der Waals surface area contributed by atoms with E-state index in [1.807, 2.05) is 13.8 Å². The molecule has 1 fully saturated rings. The predicted octanol–water partition coefficient (Wildman–Crippen LogP) is 2.00. The largest absolute Gasteiger partial charge is 0.383 e. The van der Waals surface area contributed by atoms with Gasteiger partial charge in [0.2, 0.25) is 0 Å². The summed E-state index contributed by atoms with van der Waals surface area (Å²) in [5, 5.41) is 13.3. The third kappa shape index (κ3) is 3.89. The van der Waals surface area contributed by atoms with Crippen molar-refractivity contribution >= 4 is 5.69 Å². The number of halogens is 1. The molecule has 0 aliphatic carbocycles. The maximum absolute atomic E-state index is 12.8. The molecule has 19 heavy (non-hydrogen) atoms. The lowest BCUT2D eigenvalue weighted by Crippen LogP contribution is -2.52. The molecule has 0 aromatic heterocycles. The van der Waals surface area contributed by atoms with Crippen LogP contribution in [0.1, 0.15) is 13.8 Å². The number of anilines is 1. The van der Waals surface area contributed by atoms with Crippen molar-refractivity contribution in [2.75, 3.05) is 25.1 Å². The zero-order chi connectivity index (χ0) is 13.9. The van der Waals surface area contributed by atoms with Crippen molar-refractivity contribution in [3.8, 4) is 0 Å². The fourth-order valence-corrected chi connectivity index (χ4v) is 1.89. The van der Waals surface area contributed by atoms with Gasteiger partial charge in [-0.1, -0.05) is 13.8 Å². The molecule has 0 saturated carbocycles. The second-order valence-corrected chi connectivity index (χ2v) is 5.32. The molecule has 5 heteroatoms. The number of rotatable bonds is 4. The first-order chi connectivity index (χ1) is 8.98. The van der Waals surface area contributed by atoms with Crippen LogP contribution in [-0.4, -0.2) is 36.8 Å². The van der Waals surface area contributed by atoms with Crippen molar-refractivity contribution in [3.05, 3.63) is 30.1 Å². The molecule has 2 N–H and O–H groups in total.